The molecule has 0 rings (SSSR count). The SMILES string of the molecule is C#CC/C(=C\C(=O)OCC)C(F)(F)F. The molecule has 78 valence electrons. The van der Waals surface area contributed by atoms with Crippen molar-refractivity contribution in [1.29, 1.82) is 0 Å². The van der Waals surface area contributed by atoms with E-state index in [1.807, 2.05) is 5.92 Å². The summed E-state index contributed by atoms with van der Waals surface area (Å²) in [6, 6.07) is 0. The zero-order chi connectivity index (χ0) is 11.2. The maximum Gasteiger partial charge on any atom is 0.413 e. The van der Waals surface area contributed by atoms with Crippen LogP contribution >= 0.6 is 0 Å². The van der Waals surface area contributed by atoms with E-state index in [1.54, 1.807) is 0 Å². The Kier molecular flexibility index (Phi) is 4.78. The Morgan fingerprint density at radius 3 is 2.50 bits per heavy atom. The number of carbonyl (C=O) groups is 1. The van der Waals surface area contributed by atoms with E-state index < -0.39 is 24.1 Å². The molecule has 5 heteroatoms. The van der Waals surface area contributed by atoms with E-state index in [2.05, 4.69) is 4.74 Å². The van der Waals surface area contributed by atoms with Crippen LogP contribution in [0.3, 0.4) is 0 Å². The average molecular weight is 206 g/mol. The van der Waals surface area contributed by atoms with Crippen LogP contribution in [0.4, 0.5) is 13.2 Å². The first-order valence-corrected chi connectivity index (χ1v) is 3.79. The van der Waals surface area contributed by atoms with Crippen LogP contribution in [0.25, 0.3) is 0 Å². The van der Waals surface area contributed by atoms with Gasteiger partial charge < -0.3 is 4.74 Å². The number of esters is 1. The summed E-state index contributed by atoms with van der Waals surface area (Å²) in [5, 5.41) is 0. The topological polar surface area (TPSA) is 26.3 Å². The number of hydrogen-bond donors (Lipinski definition) is 0. The number of hydrogen-bond acceptors (Lipinski definition) is 2. The van der Waals surface area contributed by atoms with Crippen LogP contribution in [0.5, 0.6) is 0 Å². The van der Waals surface area contributed by atoms with E-state index in [1.165, 1.54) is 6.92 Å². The van der Waals surface area contributed by atoms with Crippen molar-refractivity contribution in [2.24, 2.45) is 0 Å². The van der Waals surface area contributed by atoms with E-state index >= 15 is 0 Å². The van der Waals surface area contributed by atoms with Gasteiger partial charge in [-0.1, -0.05) is 0 Å². The molecule has 0 N–H and O–H groups in total. The Balaban J connectivity index is 4.66. The Morgan fingerprint density at radius 1 is 1.57 bits per heavy atom. The van der Waals surface area contributed by atoms with Crippen molar-refractivity contribution in [3.8, 4) is 12.3 Å². The van der Waals surface area contributed by atoms with Crippen molar-refractivity contribution < 1.29 is 22.7 Å². The van der Waals surface area contributed by atoms with Crippen LogP contribution in [-0.4, -0.2) is 18.8 Å². The van der Waals surface area contributed by atoms with E-state index in [4.69, 9.17) is 6.42 Å². The molecule has 0 aliphatic carbocycles. The van der Waals surface area contributed by atoms with Gasteiger partial charge in [0.25, 0.3) is 0 Å². The van der Waals surface area contributed by atoms with Crippen molar-refractivity contribution in [3.05, 3.63) is 11.6 Å². The fourth-order valence-corrected chi connectivity index (χ4v) is 0.669. The lowest BCUT2D eigenvalue weighted by Gasteiger charge is -2.08. The molecule has 0 aromatic heterocycles. The highest BCUT2D eigenvalue weighted by molar-refractivity contribution is 5.83. The third-order valence-corrected chi connectivity index (χ3v) is 1.24. The van der Waals surface area contributed by atoms with E-state index in [-0.39, 0.29) is 6.61 Å². The van der Waals surface area contributed by atoms with Crippen molar-refractivity contribution in [2.45, 2.75) is 19.5 Å². The second kappa shape index (κ2) is 5.32. The Bertz CT molecular complexity index is 271. The maximum absolute atomic E-state index is 12.1. The van der Waals surface area contributed by atoms with Crippen LogP contribution in [0.1, 0.15) is 13.3 Å². The standard InChI is InChI=1S/C9H9F3O2/c1-3-5-7(9(10,11)12)6-8(13)14-4-2/h1,6H,4-5H2,2H3/b7-6+. The molecule has 0 aliphatic rings. The lowest BCUT2D eigenvalue weighted by molar-refractivity contribution is -0.138. The lowest BCUT2D eigenvalue weighted by atomic mass is 10.2. The summed E-state index contributed by atoms with van der Waals surface area (Å²) < 4.78 is 40.7. The van der Waals surface area contributed by atoms with Crippen molar-refractivity contribution in [2.75, 3.05) is 6.61 Å². The number of halogens is 3. The molecule has 0 aromatic rings. The fraction of sp³-hybridized carbons (Fsp3) is 0.444. The highest BCUT2D eigenvalue weighted by Crippen LogP contribution is 2.27. The van der Waals surface area contributed by atoms with Gasteiger partial charge in [0.05, 0.1) is 12.2 Å². The molecule has 0 aromatic carbocycles. The largest absolute Gasteiger partial charge is 0.463 e. The van der Waals surface area contributed by atoms with Crippen LogP contribution < -0.4 is 0 Å². The number of allylic oxidation sites excluding steroid dienone is 1. The number of ether oxygens (including phenoxy) is 1. The molecule has 0 unspecified atom stereocenters. The van der Waals surface area contributed by atoms with Gasteiger partial charge in [-0.15, -0.1) is 12.3 Å². The van der Waals surface area contributed by atoms with Gasteiger partial charge >= 0.3 is 12.1 Å². The second-order valence-electron chi connectivity index (χ2n) is 2.30. The molecule has 0 spiro atoms. The normalized spacial score (nSPS) is 12.1. The van der Waals surface area contributed by atoms with Crippen molar-refractivity contribution >= 4 is 5.97 Å². The van der Waals surface area contributed by atoms with Crippen LogP contribution in [0.2, 0.25) is 0 Å². The predicted molar refractivity (Wildman–Crippen MR) is 44.2 cm³/mol. The first kappa shape index (κ1) is 12.6. The van der Waals surface area contributed by atoms with Gasteiger partial charge in [-0.2, -0.15) is 13.2 Å². The smallest absolute Gasteiger partial charge is 0.413 e. The summed E-state index contributed by atoms with van der Waals surface area (Å²) in [6.07, 6.45) is -0.110. The molecule has 0 atom stereocenters. The molecule has 0 amide bonds. The molecule has 0 radical (unpaired) electrons. The van der Waals surface area contributed by atoms with E-state index in [9.17, 15) is 18.0 Å². The van der Waals surface area contributed by atoms with Gasteiger partial charge in [-0.3, -0.25) is 0 Å². The van der Waals surface area contributed by atoms with Crippen LogP contribution in [-0.2, 0) is 9.53 Å². The zero-order valence-corrected chi connectivity index (χ0v) is 7.52. The first-order chi connectivity index (χ1) is 6.41. The molecule has 0 saturated heterocycles. The van der Waals surface area contributed by atoms with Gasteiger partial charge in [0.1, 0.15) is 0 Å². The van der Waals surface area contributed by atoms with Gasteiger partial charge in [0.15, 0.2) is 0 Å². The van der Waals surface area contributed by atoms with Gasteiger partial charge in [0, 0.05) is 12.5 Å². The first-order valence-electron chi connectivity index (χ1n) is 3.79. The number of carbonyl (C=O) groups excluding carboxylic acids is 1. The summed E-state index contributed by atoms with van der Waals surface area (Å²) in [7, 11) is 0. The third-order valence-electron chi connectivity index (χ3n) is 1.24. The van der Waals surface area contributed by atoms with Gasteiger partial charge in [-0.25, -0.2) is 4.79 Å². The summed E-state index contributed by atoms with van der Waals surface area (Å²) in [5.41, 5.74) is -1.07. The minimum atomic E-state index is -4.58. The molecule has 0 bridgehead atoms. The predicted octanol–water partition coefficient (Wildman–Crippen LogP) is 2.06. The molecule has 0 heterocycles. The van der Waals surface area contributed by atoms with Crippen LogP contribution in [0.15, 0.2) is 11.6 Å². The molecule has 2 nitrogen and oxygen atoms in total. The molecule has 14 heavy (non-hydrogen) atoms. The van der Waals surface area contributed by atoms with Gasteiger partial charge in [0.2, 0.25) is 0 Å². The summed E-state index contributed by atoms with van der Waals surface area (Å²) in [5.74, 6) is 0.793. The maximum atomic E-state index is 12.1. The minimum Gasteiger partial charge on any atom is -0.463 e. The zero-order valence-electron chi connectivity index (χ0n) is 7.52. The summed E-state index contributed by atoms with van der Waals surface area (Å²) in [4.78, 5) is 10.7. The van der Waals surface area contributed by atoms with E-state index in [0.717, 1.165) is 0 Å². The fourth-order valence-electron chi connectivity index (χ4n) is 0.669. The molecular formula is C9H9F3O2. The molecule has 0 aliphatic heterocycles. The second-order valence-corrected chi connectivity index (χ2v) is 2.30. The van der Waals surface area contributed by atoms with Crippen LogP contribution in [0, 0.1) is 12.3 Å². The average Bonchev–Trinajstić information content (AvgIpc) is 2.02. The lowest BCUT2D eigenvalue weighted by Crippen LogP contribution is -2.14. The quantitative estimate of drug-likeness (QED) is 0.401. The molecule has 0 fully saturated rings. The monoisotopic (exact) mass is 206 g/mol. The Hall–Kier alpha value is -1.44. The number of rotatable bonds is 3. The summed E-state index contributed by atoms with van der Waals surface area (Å²) >= 11 is 0. The van der Waals surface area contributed by atoms with E-state index in [0.29, 0.717) is 6.08 Å². The highest BCUT2D eigenvalue weighted by Gasteiger charge is 2.33. The molecule has 0 saturated carbocycles. The highest BCUT2D eigenvalue weighted by atomic mass is 19.4. The minimum absolute atomic E-state index is 0.0243. The molecular weight excluding hydrogens is 197 g/mol. The third kappa shape index (κ3) is 4.55. The Labute approximate surface area is 79.7 Å². The number of alkyl halides is 3. The Morgan fingerprint density at radius 2 is 2.14 bits per heavy atom. The van der Waals surface area contributed by atoms with Crippen molar-refractivity contribution in [3.63, 3.8) is 0 Å². The van der Waals surface area contributed by atoms with Gasteiger partial charge in [-0.05, 0) is 6.92 Å². The van der Waals surface area contributed by atoms with Crippen molar-refractivity contribution in [1.82, 2.24) is 0 Å². The number of terminal acetylenes is 1. The summed E-state index contributed by atoms with van der Waals surface area (Å²) in [6.45, 7) is 1.52.